The van der Waals surface area contributed by atoms with Gasteiger partial charge in [0.05, 0.1) is 5.69 Å². The van der Waals surface area contributed by atoms with Gasteiger partial charge in [-0.1, -0.05) is 72.8 Å². The van der Waals surface area contributed by atoms with Crippen LogP contribution in [0.25, 0.3) is 0 Å². The van der Waals surface area contributed by atoms with Crippen LogP contribution in [-0.4, -0.2) is 11.7 Å². The number of amides is 1. The minimum absolute atomic E-state index is 0.0279. The first kappa shape index (κ1) is 21.8. The second-order valence-electron chi connectivity index (χ2n) is 8.77. The number of carbonyl (C=O) groups is 2. The summed E-state index contributed by atoms with van der Waals surface area (Å²) >= 11 is 0. The van der Waals surface area contributed by atoms with Crippen LogP contribution in [0.5, 0.6) is 0 Å². The number of allylic oxidation sites excluding steroid dienone is 3. The summed E-state index contributed by atoms with van der Waals surface area (Å²) < 4.78 is 14.3. The van der Waals surface area contributed by atoms with Crippen LogP contribution < -0.4 is 10.6 Å². The Morgan fingerprint density at radius 3 is 2.18 bits per heavy atom. The zero-order valence-corrected chi connectivity index (χ0v) is 18.8. The topological polar surface area (TPSA) is 58.2 Å². The van der Waals surface area contributed by atoms with Crippen molar-refractivity contribution in [2.24, 2.45) is 0 Å². The Kier molecular flexibility index (Phi) is 5.84. The van der Waals surface area contributed by atoms with E-state index in [9.17, 15) is 14.0 Å². The molecule has 34 heavy (non-hydrogen) atoms. The highest BCUT2D eigenvalue weighted by atomic mass is 19.1. The molecule has 1 aliphatic heterocycles. The zero-order valence-electron chi connectivity index (χ0n) is 18.8. The van der Waals surface area contributed by atoms with E-state index >= 15 is 0 Å². The number of carbonyl (C=O) groups excluding carboxylic acids is 2. The smallest absolute Gasteiger partial charge is 0.254 e. The third-order valence-electron chi connectivity index (χ3n) is 6.60. The molecule has 1 aliphatic carbocycles. The summed E-state index contributed by atoms with van der Waals surface area (Å²) in [6.07, 6.45) is 1.07. The predicted molar refractivity (Wildman–Crippen MR) is 130 cm³/mol. The Bertz CT molecular complexity index is 1310. The number of halogens is 1. The molecule has 2 atom stereocenters. The first-order chi connectivity index (χ1) is 16.5. The first-order valence-corrected chi connectivity index (χ1v) is 11.4. The minimum atomic E-state index is -0.520. The maximum Gasteiger partial charge on any atom is 0.254 e. The van der Waals surface area contributed by atoms with E-state index in [4.69, 9.17) is 0 Å². The van der Waals surface area contributed by atoms with Gasteiger partial charge in [-0.3, -0.25) is 9.59 Å². The molecule has 2 aliphatic rings. The summed E-state index contributed by atoms with van der Waals surface area (Å²) in [7, 11) is 0. The number of hydrogen-bond acceptors (Lipinski definition) is 3. The van der Waals surface area contributed by atoms with E-state index in [-0.39, 0.29) is 17.4 Å². The quantitative estimate of drug-likeness (QED) is 0.524. The Hall–Kier alpha value is -3.99. The highest BCUT2D eigenvalue weighted by Gasteiger charge is 2.40. The number of dihydropyridines is 1. The molecule has 0 bridgehead atoms. The number of benzene rings is 3. The van der Waals surface area contributed by atoms with E-state index in [0.717, 1.165) is 16.8 Å². The van der Waals surface area contributed by atoms with Gasteiger partial charge >= 0.3 is 0 Å². The first-order valence-electron chi connectivity index (χ1n) is 11.4. The van der Waals surface area contributed by atoms with Gasteiger partial charge < -0.3 is 10.6 Å². The Morgan fingerprint density at radius 2 is 1.50 bits per heavy atom. The second kappa shape index (κ2) is 9.10. The molecule has 3 aromatic rings. The number of Topliss-reactive ketones (excluding diaryl/α,β-unsaturated/α-hetero) is 1. The average Bonchev–Trinajstić information content (AvgIpc) is 2.85. The molecular weight excluding hydrogens is 427 g/mol. The average molecular weight is 453 g/mol. The van der Waals surface area contributed by atoms with Gasteiger partial charge in [-0.25, -0.2) is 4.39 Å². The highest BCUT2D eigenvalue weighted by molar-refractivity contribution is 6.10. The molecular formula is C29H25FN2O2. The second-order valence-corrected chi connectivity index (χ2v) is 8.77. The van der Waals surface area contributed by atoms with Crippen LogP contribution in [0.15, 0.2) is 107 Å². The van der Waals surface area contributed by atoms with Crippen molar-refractivity contribution in [1.29, 1.82) is 0 Å². The van der Waals surface area contributed by atoms with Crippen molar-refractivity contribution >= 4 is 17.4 Å². The molecule has 0 unspecified atom stereocenters. The van der Waals surface area contributed by atoms with Gasteiger partial charge in [0, 0.05) is 34.9 Å². The molecule has 0 saturated carbocycles. The van der Waals surface area contributed by atoms with E-state index in [0.29, 0.717) is 29.7 Å². The lowest BCUT2D eigenvalue weighted by Gasteiger charge is -2.37. The molecule has 5 rings (SSSR count). The molecule has 170 valence electrons. The molecule has 2 N–H and O–H groups in total. The molecule has 0 radical (unpaired) electrons. The van der Waals surface area contributed by atoms with Gasteiger partial charge in [0.25, 0.3) is 5.91 Å². The Labute approximate surface area is 198 Å². The van der Waals surface area contributed by atoms with Crippen LogP contribution in [0.3, 0.4) is 0 Å². The van der Waals surface area contributed by atoms with Crippen molar-refractivity contribution in [3.05, 3.63) is 124 Å². The van der Waals surface area contributed by atoms with Crippen LogP contribution in [0.4, 0.5) is 10.1 Å². The van der Waals surface area contributed by atoms with Crippen LogP contribution in [0.1, 0.15) is 42.7 Å². The molecule has 3 aromatic carbocycles. The maximum absolute atomic E-state index is 14.3. The maximum atomic E-state index is 14.3. The van der Waals surface area contributed by atoms with Gasteiger partial charge in [0.1, 0.15) is 5.82 Å². The number of rotatable bonds is 4. The largest absolute Gasteiger partial charge is 0.362 e. The van der Waals surface area contributed by atoms with Gasteiger partial charge in [0.2, 0.25) is 0 Å². The lowest BCUT2D eigenvalue weighted by atomic mass is 9.71. The minimum Gasteiger partial charge on any atom is -0.362 e. The van der Waals surface area contributed by atoms with E-state index < -0.39 is 17.6 Å². The number of anilines is 1. The molecule has 0 saturated heterocycles. The summed E-state index contributed by atoms with van der Waals surface area (Å²) in [5.41, 5.74) is 4.69. The fourth-order valence-electron chi connectivity index (χ4n) is 5.03. The van der Waals surface area contributed by atoms with E-state index in [1.165, 1.54) is 12.1 Å². The molecule has 4 nitrogen and oxygen atoms in total. The summed E-state index contributed by atoms with van der Waals surface area (Å²) in [5.74, 6) is -1.34. The molecule has 1 amide bonds. The van der Waals surface area contributed by atoms with Crippen molar-refractivity contribution in [3.63, 3.8) is 0 Å². The highest BCUT2D eigenvalue weighted by Crippen LogP contribution is 2.45. The normalized spacial score (nSPS) is 20.0. The Morgan fingerprint density at radius 1 is 0.882 bits per heavy atom. The third-order valence-corrected chi connectivity index (χ3v) is 6.60. The van der Waals surface area contributed by atoms with Gasteiger partial charge in [0.15, 0.2) is 5.78 Å². The number of para-hydroxylation sites is 1. The van der Waals surface area contributed by atoms with E-state index in [1.807, 2.05) is 55.5 Å². The molecule has 0 fully saturated rings. The van der Waals surface area contributed by atoms with Crippen molar-refractivity contribution in [2.45, 2.75) is 31.6 Å². The summed E-state index contributed by atoms with van der Waals surface area (Å²) in [6.45, 7) is 1.84. The lowest BCUT2D eigenvalue weighted by Crippen LogP contribution is -2.37. The van der Waals surface area contributed by atoms with Gasteiger partial charge in [-0.05, 0) is 42.5 Å². The van der Waals surface area contributed by atoms with Crippen molar-refractivity contribution in [3.8, 4) is 0 Å². The Balaban J connectivity index is 1.56. The van der Waals surface area contributed by atoms with Gasteiger partial charge in [-0.2, -0.15) is 0 Å². The van der Waals surface area contributed by atoms with Crippen LogP contribution in [-0.2, 0) is 9.59 Å². The van der Waals surface area contributed by atoms with Crippen molar-refractivity contribution in [2.75, 3.05) is 5.32 Å². The summed E-state index contributed by atoms with van der Waals surface area (Å²) in [6, 6.07) is 25.7. The monoisotopic (exact) mass is 452 g/mol. The predicted octanol–water partition coefficient (Wildman–Crippen LogP) is 5.83. The number of ketones is 1. The summed E-state index contributed by atoms with van der Waals surface area (Å²) in [4.78, 5) is 27.0. The SMILES string of the molecule is CC1=C(C(=O)Nc2ccccc2F)[C@@H](c2ccccc2)C2=C(C[C@H](c3ccccc3)CC2=O)N1. The fourth-order valence-corrected chi connectivity index (χ4v) is 5.03. The molecule has 5 heteroatoms. The van der Waals surface area contributed by atoms with E-state index in [1.54, 1.807) is 12.1 Å². The summed E-state index contributed by atoms with van der Waals surface area (Å²) in [5, 5.41) is 6.07. The molecule has 0 aromatic heterocycles. The van der Waals surface area contributed by atoms with Crippen LogP contribution >= 0.6 is 0 Å². The zero-order chi connectivity index (χ0) is 23.7. The number of nitrogens with one attached hydrogen (secondary N) is 2. The lowest BCUT2D eigenvalue weighted by molar-refractivity contribution is -0.116. The number of hydrogen-bond donors (Lipinski definition) is 2. The fraction of sp³-hybridized carbons (Fsp3) is 0.172. The van der Waals surface area contributed by atoms with Crippen molar-refractivity contribution in [1.82, 2.24) is 5.32 Å². The molecule has 1 heterocycles. The van der Waals surface area contributed by atoms with Crippen molar-refractivity contribution < 1.29 is 14.0 Å². The standard InChI is InChI=1S/C29H25FN2O2/c1-18-26(29(34)32-23-15-9-8-14-22(23)30)27(20-12-6-3-7-13-20)28-24(31-18)16-21(17-25(28)33)19-10-4-2-5-11-19/h2-15,21,27,31H,16-17H2,1H3,(H,32,34)/t21-,27+/m0/s1. The molecule has 0 spiro atoms. The van der Waals surface area contributed by atoms with Crippen LogP contribution in [0, 0.1) is 5.82 Å². The van der Waals surface area contributed by atoms with Gasteiger partial charge in [-0.15, -0.1) is 0 Å². The van der Waals surface area contributed by atoms with Crippen LogP contribution in [0.2, 0.25) is 0 Å². The van der Waals surface area contributed by atoms with E-state index in [2.05, 4.69) is 22.8 Å². The third kappa shape index (κ3) is 4.05.